The van der Waals surface area contributed by atoms with E-state index < -0.39 is 46.1 Å². The number of methoxy groups -OCH3 is 1. The predicted octanol–water partition coefficient (Wildman–Crippen LogP) is 4.06. The molecule has 0 saturated carbocycles. The minimum atomic E-state index is -0.992. The van der Waals surface area contributed by atoms with E-state index in [0.717, 1.165) is 47.2 Å². The molecule has 3 heterocycles. The van der Waals surface area contributed by atoms with E-state index >= 15 is 0 Å². The first-order chi connectivity index (χ1) is 18.1. The fraction of sp³-hybridized carbons (Fsp3) is 0.321. The number of pyridine rings is 1. The third-order valence-electron chi connectivity index (χ3n) is 7.21. The lowest BCUT2D eigenvalue weighted by molar-refractivity contribution is -0.114. The van der Waals surface area contributed by atoms with Gasteiger partial charge in [0.05, 0.1) is 37.3 Å². The summed E-state index contributed by atoms with van der Waals surface area (Å²) in [5, 5.41) is 2.89. The Labute approximate surface area is 217 Å². The van der Waals surface area contributed by atoms with Gasteiger partial charge in [0.1, 0.15) is 34.6 Å². The lowest BCUT2D eigenvalue weighted by atomic mass is 9.81. The third-order valence-corrected chi connectivity index (χ3v) is 7.21. The molecule has 10 heteroatoms. The Balaban J connectivity index is 1.38. The minimum absolute atomic E-state index is 0.181. The number of carbonyl (C=O) groups excluding carboxylic acids is 2. The topological polar surface area (TPSA) is 80.8 Å². The zero-order valence-electron chi connectivity index (χ0n) is 21.1. The minimum Gasteiger partial charge on any atom is -0.496 e. The second-order valence-electron chi connectivity index (χ2n) is 9.83. The summed E-state index contributed by atoms with van der Waals surface area (Å²) in [5.41, 5.74) is 0.264. The average Bonchev–Trinajstić information content (AvgIpc) is 3.24. The van der Waals surface area contributed by atoms with Crippen molar-refractivity contribution in [2.75, 3.05) is 33.4 Å². The number of likely N-dealkylation sites (tertiary alicyclic amines) is 1. The highest BCUT2D eigenvalue weighted by Gasteiger charge is 2.54. The van der Waals surface area contributed by atoms with E-state index in [1.54, 1.807) is 24.1 Å². The van der Waals surface area contributed by atoms with Gasteiger partial charge in [-0.05, 0) is 61.4 Å². The SMILES string of the molecule is COc1c(C)cc(C(=O)N2CC(NC(=O)c3ccc(F)c(-c4c(F)cccc4F)n3)C3(COC3)C2)cc1C. The summed E-state index contributed by atoms with van der Waals surface area (Å²) in [5.74, 6) is -3.05. The van der Waals surface area contributed by atoms with Crippen molar-refractivity contribution in [2.24, 2.45) is 5.41 Å². The van der Waals surface area contributed by atoms with E-state index in [4.69, 9.17) is 9.47 Å². The van der Waals surface area contributed by atoms with Crippen LogP contribution in [-0.2, 0) is 4.74 Å². The van der Waals surface area contributed by atoms with E-state index in [0.29, 0.717) is 25.3 Å². The number of ether oxygens (including phenoxy) is 2. The molecule has 3 aromatic rings. The highest BCUT2D eigenvalue weighted by atomic mass is 19.1. The summed E-state index contributed by atoms with van der Waals surface area (Å²) in [4.78, 5) is 32.2. The third kappa shape index (κ3) is 4.38. The predicted molar refractivity (Wildman–Crippen MR) is 132 cm³/mol. The first kappa shape index (κ1) is 25.7. The van der Waals surface area contributed by atoms with Crippen LogP contribution >= 0.6 is 0 Å². The normalized spacial score (nSPS) is 17.8. The van der Waals surface area contributed by atoms with Crippen LogP contribution in [0, 0.1) is 36.7 Å². The standard InChI is InChI=1S/C28H26F3N3O4/c1-15-9-17(10-16(2)25(15)37-3)27(36)34-11-22(28(12-34)13-38-14-28)33-26(35)21-8-7-20(31)24(32-21)23-18(29)5-4-6-19(23)30/h4-10,22H,11-14H2,1-3H3,(H,33,35). The van der Waals surface area contributed by atoms with Gasteiger partial charge in [-0.1, -0.05) is 6.07 Å². The van der Waals surface area contributed by atoms with Crippen molar-refractivity contribution in [1.29, 1.82) is 0 Å². The molecule has 1 aromatic heterocycles. The smallest absolute Gasteiger partial charge is 0.270 e. The summed E-state index contributed by atoms with van der Waals surface area (Å²) in [6.07, 6.45) is 0. The van der Waals surface area contributed by atoms with Crippen molar-refractivity contribution >= 4 is 11.8 Å². The van der Waals surface area contributed by atoms with Crippen molar-refractivity contribution in [3.8, 4) is 17.0 Å². The molecule has 7 nitrogen and oxygen atoms in total. The number of aromatic nitrogens is 1. The van der Waals surface area contributed by atoms with E-state index in [2.05, 4.69) is 10.3 Å². The van der Waals surface area contributed by atoms with Crippen LogP contribution in [0.2, 0.25) is 0 Å². The molecule has 2 aliphatic heterocycles. The molecule has 0 aliphatic carbocycles. The van der Waals surface area contributed by atoms with Crippen molar-refractivity contribution in [1.82, 2.24) is 15.2 Å². The summed E-state index contributed by atoms with van der Waals surface area (Å²) in [6.45, 7) is 5.05. The molecule has 2 aromatic carbocycles. The first-order valence-corrected chi connectivity index (χ1v) is 12.1. The van der Waals surface area contributed by atoms with Gasteiger partial charge in [-0.2, -0.15) is 0 Å². The molecule has 0 radical (unpaired) electrons. The molecule has 1 unspecified atom stereocenters. The second kappa shape index (κ2) is 9.75. The van der Waals surface area contributed by atoms with Crippen LogP contribution in [0.3, 0.4) is 0 Å². The molecule has 38 heavy (non-hydrogen) atoms. The number of nitrogens with zero attached hydrogens (tertiary/aromatic N) is 2. The molecule has 198 valence electrons. The van der Waals surface area contributed by atoms with Crippen LogP contribution in [0.15, 0.2) is 42.5 Å². The van der Waals surface area contributed by atoms with E-state index in [9.17, 15) is 22.8 Å². The Morgan fingerprint density at radius 1 is 1.05 bits per heavy atom. The van der Waals surface area contributed by atoms with Gasteiger partial charge < -0.3 is 19.7 Å². The zero-order chi connectivity index (χ0) is 27.2. The van der Waals surface area contributed by atoms with E-state index in [-0.39, 0.29) is 18.1 Å². The molecule has 2 amide bonds. The van der Waals surface area contributed by atoms with Crippen LogP contribution in [0.1, 0.15) is 32.0 Å². The van der Waals surface area contributed by atoms with Gasteiger partial charge in [0.15, 0.2) is 0 Å². The Bertz CT molecular complexity index is 1400. The molecule has 1 spiro atoms. The van der Waals surface area contributed by atoms with Gasteiger partial charge in [0, 0.05) is 18.7 Å². The molecule has 0 bridgehead atoms. The number of amides is 2. The molecule has 1 N–H and O–H groups in total. The lowest BCUT2D eigenvalue weighted by Crippen LogP contribution is -2.57. The maximum absolute atomic E-state index is 14.5. The molecular weight excluding hydrogens is 499 g/mol. The maximum Gasteiger partial charge on any atom is 0.270 e. The number of hydrogen-bond donors (Lipinski definition) is 1. The maximum atomic E-state index is 14.5. The molecule has 2 aliphatic rings. The van der Waals surface area contributed by atoms with Gasteiger partial charge in [0.2, 0.25) is 0 Å². The van der Waals surface area contributed by atoms with Gasteiger partial charge >= 0.3 is 0 Å². The fourth-order valence-corrected chi connectivity index (χ4v) is 5.26. The van der Waals surface area contributed by atoms with Crippen LogP contribution in [-0.4, -0.2) is 61.2 Å². The highest BCUT2D eigenvalue weighted by Crippen LogP contribution is 2.39. The summed E-state index contributed by atoms with van der Waals surface area (Å²) >= 11 is 0. The fourth-order valence-electron chi connectivity index (χ4n) is 5.26. The molecule has 1 atom stereocenters. The molecule has 2 fully saturated rings. The van der Waals surface area contributed by atoms with Gasteiger partial charge in [-0.25, -0.2) is 18.2 Å². The summed E-state index contributed by atoms with van der Waals surface area (Å²) in [7, 11) is 1.58. The highest BCUT2D eigenvalue weighted by molar-refractivity contribution is 5.96. The largest absolute Gasteiger partial charge is 0.496 e. The monoisotopic (exact) mass is 525 g/mol. The Hall–Kier alpha value is -3.92. The molecular formula is C28H26F3N3O4. The number of hydrogen-bond acceptors (Lipinski definition) is 5. The van der Waals surface area contributed by atoms with Crippen LogP contribution in [0.5, 0.6) is 5.75 Å². The van der Waals surface area contributed by atoms with Crippen molar-refractivity contribution in [3.05, 3.63) is 82.3 Å². The van der Waals surface area contributed by atoms with Crippen LogP contribution in [0.4, 0.5) is 13.2 Å². The van der Waals surface area contributed by atoms with Crippen molar-refractivity contribution < 1.29 is 32.2 Å². The van der Waals surface area contributed by atoms with Gasteiger partial charge in [0.25, 0.3) is 11.8 Å². The van der Waals surface area contributed by atoms with E-state index in [1.807, 2.05) is 13.8 Å². The Morgan fingerprint density at radius 3 is 2.29 bits per heavy atom. The van der Waals surface area contributed by atoms with E-state index in [1.165, 1.54) is 0 Å². The molecule has 2 saturated heterocycles. The second-order valence-corrected chi connectivity index (χ2v) is 9.83. The number of carbonyl (C=O) groups is 2. The molecule has 5 rings (SSSR count). The number of halogens is 3. The number of nitrogens with one attached hydrogen (secondary N) is 1. The van der Waals surface area contributed by atoms with Crippen LogP contribution in [0.25, 0.3) is 11.3 Å². The van der Waals surface area contributed by atoms with Gasteiger partial charge in [-0.3, -0.25) is 9.59 Å². The van der Waals surface area contributed by atoms with Crippen molar-refractivity contribution in [3.63, 3.8) is 0 Å². The number of benzene rings is 2. The number of aryl methyl sites for hydroxylation is 2. The first-order valence-electron chi connectivity index (χ1n) is 12.1. The number of rotatable bonds is 5. The Morgan fingerprint density at radius 2 is 1.71 bits per heavy atom. The summed E-state index contributed by atoms with van der Waals surface area (Å²) in [6, 6.07) is 8.32. The zero-order valence-corrected chi connectivity index (χ0v) is 21.1. The lowest BCUT2D eigenvalue weighted by Gasteiger charge is -2.42. The van der Waals surface area contributed by atoms with Crippen LogP contribution < -0.4 is 10.1 Å². The Kier molecular flexibility index (Phi) is 6.60. The van der Waals surface area contributed by atoms with Crippen molar-refractivity contribution in [2.45, 2.75) is 19.9 Å². The summed E-state index contributed by atoms with van der Waals surface area (Å²) < 4.78 is 53.9. The quantitative estimate of drug-likeness (QED) is 0.544. The average molecular weight is 526 g/mol. The van der Waals surface area contributed by atoms with Gasteiger partial charge in [-0.15, -0.1) is 0 Å².